The van der Waals surface area contributed by atoms with Crippen molar-refractivity contribution in [1.82, 2.24) is 14.5 Å². The molecule has 29 heavy (non-hydrogen) atoms. The summed E-state index contributed by atoms with van der Waals surface area (Å²) in [5.41, 5.74) is 1.98. The molecule has 0 saturated carbocycles. The lowest BCUT2D eigenvalue weighted by Gasteiger charge is -2.13. The van der Waals surface area contributed by atoms with Crippen LogP contribution in [0.1, 0.15) is 16.7 Å². The number of nitrogens with zero attached hydrogens (tertiary/aromatic N) is 2. The Kier molecular flexibility index (Phi) is 6.51. The van der Waals surface area contributed by atoms with Crippen LogP contribution in [-0.2, 0) is 33.8 Å². The van der Waals surface area contributed by atoms with Gasteiger partial charge in [0.2, 0.25) is 0 Å². The van der Waals surface area contributed by atoms with E-state index in [1.54, 1.807) is 20.4 Å². The molecule has 152 valence electrons. The van der Waals surface area contributed by atoms with Crippen LogP contribution in [0.25, 0.3) is 0 Å². The van der Waals surface area contributed by atoms with E-state index >= 15 is 0 Å². The molecule has 1 heterocycles. The molecule has 0 radical (unpaired) electrons. The molecule has 2 aromatic carbocycles. The van der Waals surface area contributed by atoms with E-state index in [-0.39, 0.29) is 11.2 Å². The molecule has 1 N–H and O–H groups in total. The second kappa shape index (κ2) is 9.25. The molecule has 0 spiro atoms. The van der Waals surface area contributed by atoms with Crippen molar-refractivity contribution in [3.63, 3.8) is 0 Å². The molecule has 3 aromatic rings. The van der Waals surface area contributed by atoms with Gasteiger partial charge in [-0.3, -0.25) is 9.36 Å². The Morgan fingerprint density at radius 2 is 1.69 bits per heavy atom. The number of benzene rings is 2. The second-order valence-electron chi connectivity index (χ2n) is 6.78. The Morgan fingerprint density at radius 3 is 2.41 bits per heavy atom. The minimum Gasteiger partial charge on any atom is -0.493 e. The highest BCUT2D eigenvalue weighted by Crippen LogP contribution is 2.28. The van der Waals surface area contributed by atoms with Crippen LogP contribution in [0.3, 0.4) is 0 Å². The van der Waals surface area contributed by atoms with Crippen LogP contribution in [0.15, 0.2) is 64.3 Å². The molecular weight excluding hydrogens is 370 g/mol. The van der Waals surface area contributed by atoms with Gasteiger partial charge in [-0.25, -0.2) is 4.79 Å². The summed E-state index contributed by atoms with van der Waals surface area (Å²) in [4.78, 5) is 24.0. The topological polar surface area (TPSA) is 74.5 Å². The van der Waals surface area contributed by atoms with E-state index in [2.05, 4.69) is 5.32 Å². The van der Waals surface area contributed by atoms with E-state index in [9.17, 15) is 9.59 Å². The fourth-order valence-corrected chi connectivity index (χ4v) is 3.02. The van der Waals surface area contributed by atoms with Crippen molar-refractivity contribution in [1.29, 1.82) is 0 Å². The monoisotopic (exact) mass is 395 g/mol. The smallest absolute Gasteiger partial charge is 0.330 e. The van der Waals surface area contributed by atoms with Gasteiger partial charge in [-0.05, 0) is 23.3 Å². The summed E-state index contributed by atoms with van der Waals surface area (Å²) in [6, 6.07) is 15.7. The molecule has 0 aliphatic rings. The first-order valence-electron chi connectivity index (χ1n) is 9.29. The van der Waals surface area contributed by atoms with Crippen molar-refractivity contribution in [2.24, 2.45) is 14.1 Å². The Hall–Kier alpha value is -3.32. The number of aryl methyl sites for hydroxylation is 1. The maximum atomic E-state index is 12.2. The van der Waals surface area contributed by atoms with E-state index in [4.69, 9.17) is 9.47 Å². The lowest BCUT2D eigenvalue weighted by molar-refractivity contribution is 0.284. The van der Waals surface area contributed by atoms with Gasteiger partial charge in [0.05, 0.1) is 7.11 Å². The molecule has 3 rings (SSSR count). The molecule has 1 aromatic heterocycles. The van der Waals surface area contributed by atoms with Gasteiger partial charge in [-0.1, -0.05) is 36.4 Å². The average Bonchev–Trinajstić information content (AvgIpc) is 2.75. The summed E-state index contributed by atoms with van der Waals surface area (Å²) in [5.74, 6) is 1.32. The predicted octanol–water partition coefficient (Wildman–Crippen LogP) is 1.96. The van der Waals surface area contributed by atoms with Crippen LogP contribution in [-0.4, -0.2) is 16.2 Å². The lowest BCUT2D eigenvalue weighted by atomic mass is 10.2. The molecule has 0 fully saturated rings. The number of nitrogens with one attached hydrogen (secondary N) is 1. The summed E-state index contributed by atoms with van der Waals surface area (Å²) in [5, 5.41) is 3.24. The molecule has 0 aliphatic carbocycles. The van der Waals surface area contributed by atoms with Crippen LogP contribution in [0.2, 0.25) is 0 Å². The minimum absolute atomic E-state index is 0.289. The van der Waals surface area contributed by atoms with Crippen LogP contribution in [0, 0.1) is 0 Å². The zero-order chi connectivity index (χ0) is 20.8. The largest absolute Gasteiger partial charge is 0.493 e. The van der Waals surface area contributed by atoms with Crippen molar-refractivity contribution >= 4 is 0 Å². The highest BCUT2D eigenvalue weighted by Gasteiger charge is 2.09. The molecular formula is C22H25N3O4. The molecule has 0 saturated heterocycles. The average molecular weight is 395 g/mol. The fourth-order valence-electron chi connectivity index (χ4n) is 3.02. The van der Waals surface area contributed by atoms with Gasteiger partial charge in [0.1, 0.15) is 6.61 Å². The van der Waals surface area contributed by atoms with Crippen molar-refractivity contribution in [3.05, 3.63) is 92.3 Å². The molecule has 0 aliphatic heterocycles. The first-order chi connectivity index (χ1) is 14.0. The number of hydrogen-bond donors (Lipinski definition) is 1. The third-order valence-corrected chi connectivity index (χ3v) is 4.63. The molecule has 0 unspecified atom stereocenters. The van der Waals surface area contributed by atoms with Gasteiger partial charge in [0, 0.05) is 38.9 Å². The van der Waals surface area contributed by atoms with Gasteiger partial charge in [0.25, 0.3) is 5.56 Å². The first kappa shape index (κ1) is 20.4. The minimum atomic E-state index is -0.338. The summed E-state index contributed by atoms with van der Waals surface area (Å²) < 4.78 is 13.8. The van der Waals surface area contributed by atoms with Crippen molar-refractivity contribution in [2.45, 2.75) is 19.7 Å². The van der Waals surface area contributed by atoms with E-state index < -0.39 is 0 Å². The first-order valence-corrected chi connectivity index (χ1v) is 9.29. The van der Waals surface area contributed by atoms with Gasteiger partial charge >= 0.3 is 5.69 Å². The quantitative estimate of drug-likeness (QED) is 0.631. The summed E-state index contributed by atoms with van der Waals surface area (Å²) in [6.07, 6.45) is 1.57. The van der Waals surface area contributed by atoms with Crippen LogP contribution < -0.4 is 26.0 Å². The normalized spacial score (nSPS) is 10.7. The van der Waals surface area contributed by atoms with Crippen LogP contribution in [0.4, 0.5) is 0 Å². The third kappa shape index (κ3) is 4.94. The Bertz CT molecular complexity index is 1090. The van der Waals surface area contributed by atoms with E-state index in [0.717, 1.165) is 15.7 Å². The maximum Gasteiger partial charge on any atom is 0.330 e. The Morgan fingerprint density at radius 1 is 0.931 bits per heavy atom. The van der Waals surface area contributed by atoms with E-state index in [1.165, 1.54) is 11.6 Å². The third-order valence-electron chi connectivity index (χ3n) is 4.63. The number of methoxy groups -OCH3 is 1. The highest BCUT2D eigenvalue weighted by atomic mass is 16.5. The van der Waals surface area contributed by atoms with Crippen molar-refractivity contribution < 1.29 is 9.47 Å². The van der Waals surface area contributed by atoms with Gasteiger partial charge in [-0.2, -0.15) is 0 Å². The van der Waals surface area contributed by atoms with E-state index in [1.807, 2.05) is 48.5 Å². The fraction of sp³-hybridized carbons (Fsp3) is 0.273. The lowest BCUT2D eigenvalue weighted by Crippen LogP contribution is -2.39. The molecule has 0 atom stereocenters. The SMILES string of the molecule is COc1cc(CNCc2cn(C)c(=O)n(C)c2=O)ccc1OCc1ccccc1. The molecule has 0 bridgehead atoms. The Balaban J connectivity index is 1.63. The number of rotatable bonds is 8. The standard InChI is InChI=1S/C22H25N3O4/c1-24-14-18(21(26)25(2)22(24)27)13-23-12-17-9-10-19(20(11-17)28-3)29-15-16-7-5-4-6-8-16/h4-11,14,23H,12-13,15H2,1-3H3. The predicted molar refractivity (Wildman–Crippen MR) is 111 cm³/mol. The molecule has 0 amide bonds. The Labute approximate surface area is 169 Å². The van der Waals surface area contributed by atoms with Crippen LogP contribution in [0.5, 0.6) is 11.5 Å². The van der Waals surface area contributed by atoms with Crippen molar-refractivity contribution in [3.8, 4) is 11.5 Å². The van der Waals surface area contributed by atoms with Crippen LogP contribution >= 0.6 is 0 Å². The zero-order valence-corrected chi connectivity index (χ0v) is 16.8. The summed E-state index contributed by atoms with van der Waals surface area (Å²) in [7, 11) is 4.72. The summed E-state index contributed by atoms with van der Waals surface area (Å²) in [6.45, 7) is 1.36. The number of hydrogen-bond acceptors (Lipinski definition) is 5. The second-order valence-corrected chi connectivity index (χ2v) is 6.78. The van der Waals surface area contributed by atoms with E-state index in [0.29, 0.717) is 36.8 Å². The van der Waals surface area contributed by atoms with Crippen molar-refractivity contribution in [2.75, 3.05) is 7.11 Å². The molecule has 7 heteroatoms. The molecule has 7 nitrogen and oxygen atoms in total. The van der Waals surface area contributed by atoms with Gasteiger partial charge in [0.15, 0.2) is 11.5 Å². The van der Waals surface area contributed by atoms with Gasteiger partial charge < -0.3 is 19.4 Å². The maximum absolute atomic E-state index is 12.2. The number of aromatic nitrogens is 2. The summed E-state index contributed by atoms with van der Waals surface area (Å²) >= 11 is 0. The number of ether oxygens (including phenoxy) is 2. The van der Waals surface area contributed by atoms with Gasteiger partial charge in [-0.15, -0.1) is 0 Å². The zero-order valence-electron chi connectivity index (χ0n) is 16.8. The highest BCUT2D eigenvalue weighted by molar-refractivity contribution is 5.43.